The van der Waals surface area contributed by atoms with Crippen molar-refractivity contribution in [2.45, 2.75) is 483 Å². The Labute approximate surface area is 827 Å². The van der Waals surface area contributed by atoms with Crippen LogP contribution in [0.15, 0.2) is 0 Å². The van der Waals surface area contributed by atoms with Crippen LogP contribution in [-0.2, 0) is 76.3 Å². The lowest BCUT2D eigenvalue weighted by atomic mass is 9.62. The summed E-state index contributed by atoms with van der Waals surface area (Å²) in [4.78, 5) is 100. The molecular weight excluding hydrogens is 1690 g/mol. The summed E-state index contributed by atoms with van der Waals surface area (Å²) in [6.45, 7) is 37.5. The van der Waals surface area contributed by atoms with E-state index in [1.54, 1.807) is 0 Å². The first-order chi connectivity index (χ1) is 59.6. The standard InChI is InChI=1S/2C23H36O4.C22H34O2.C21H32O4.C20H32O2.10CH4/c1-5-23(12-16-6-7-18(23)8-16)27-22(25)11-21(26-15(4)24)20-10-17-9-19(20)14(3)13(17)2;1-5-23(12-16-6-7-18(23)9-16)27-21(24)8-13(2)26-22(25)20-11-17-10-19(20)15(4)14(17)3;1-4-22(7-5-6-8-22)24-21(23)18-10-14-9-17(18)20-16-11-15(19(14)20)12(2)13(16)3;1-4-21(10-14-5-6-16(21)7-14)25-19(22)11-24-20(23)18-9-15-8-17(18)13(3)12(15)2;1-4-20(11-14-5-6-17(20)7-14)22-19(21)10-16-8-15-9-18(16)13(3)12(15)2;;;;;;;;;;/h13-14,16-21H,5-12H2,1-4H3;13-20H,5-12H2,1-4H3;12-20H,4-11H2,1-3H3;12-18H,4-11H2,1-3H3;12-18H,4-11H2,1-3H3;10*1H4. The Kier molecular flexibility index (Phi) is 40.7. The van der Waals surface area contributed by atoms with Crippen molar-refractivity contribution in [3.05, 3.63) is 0 Å². The van der Waals surface area contributed by atoms with E-state index in [9.17, 15) is 38.4 Å². The molecule has 0 radical (unpaired) electrons. The van der Waals surface area contributed by atoms with E-state index in [0.717, 1.165) is 209 Å². The monoisotopic (exact) mass is 1900 g/mol. The van der Waals surface area contributed by atoms with Gasteiger partial charge in [-0.3, -0.25) is 33.6 Å². The maximum atomic E-state index is 13.1. The van der Waals surface area contributed by atoms with Crippen LogP contribution < -0.4 is 0 Å². The third kappa shape index (κ3) is 22.1. The van der Waals surface area contributed by atoms with Gasteiger partial charge >= 0.3 is 47.8 Å². The van der Waals surface area contributed by atoms with Gasteiger partial charge < -0.3 is 37.9 Å². The van der Waals surface area contributed by atoms with Crippen LogP contribution in [-0.4, -0.2) is 94.6 Å². The van der Waals surface area contributed by atoms with Crippen LogP contribution in [0, 0.1) is 219 Å². The van der Waals surface area contributed by atoms with E-state index in [-0.39, 0.29) is 193 Å². The number of carbonyl (C=O) groups is 8. The van der Waals surface area contributed by atoms with Crippen molar-refractivity contribution in [2.24, 2.45) is 219 Å². The summed E-state index contributed by atoms with van der Waals surface area (Å²) in [6, 6.07) is 0. The lowest BCUT2D eigenvalue weighted by Crippen LogP contribution is -2.42. The molecule has 0 N–H and O–H groups in total. The topological polar surface area (TPSA) is 210 Å². The number of carbonyl (C=O) groups excluding carboxylic acids is 8. The predicted octanol–water partition coefficient (Wildman–Crippen LogP) is 29.7. The van der Waals surface area contributed by atoms with Gasteiger partial charge in [0.15, 0.2) is 6.61 Å². The van der Waals surface area contributed by atoms with Crippen LogP contribution in [0.4, 0.5) is 0 Å². The second-order valence-corrected chi connectivity index (χ2v) is 48.7. The quantitative estimate of drug-likeness (QED) is 0.0500. The second kappa shape index (κ2) is 46.6. The normalized spacial score (nSPS) is 45.1. The molecule has 43 atom stereocenters. The molecule has 0 amide bonds. The highest BCUT2D eigenvalue weighted by Gasteiger charge is 2.68. The molecule has 0 aromatic heterocycles. The molecule has 16 nitrogen and oxygen atoms in total. The molecule has 0 aromatic rings. The average Bonchev–Trinajstić information content (AvgIpc) is 1.53. The van der Waals surface area contributed by atoms with Crippen LogP contribution in [0.25, 0.3) is 0 Å². The van der Waals surface area contributed by atoms with E-state index in [1.165, 1.54) is 135 Å². The van der Waals surface area contributed by atoms with E-state index >= 15 is 0 Å². The zero-order valence-corrected chi connectivity index (χ0v) is 80.8. The summed E-state index contributed by atoms with van der Waals surface area (Å²) in [6.07, 6.45) is 42.1. The Morgan fingerprint density at radius 2 is 0.681 bits per heavy atom. The molecule has 782 valence electrons. The molecule has 0 aliphatic heterocycles. The van der Waals surface area contributed by atoms with Gasteiger partial charge in [0.2, 0.25) is 0 Å². The summed E-state index contributed by atoms with van der Waals surface area (Å²) >= 11 is 0. The van der Waals surface area contributed by atoms with Crippen LogP contribution in [0.3, 0.4) is 0 Å². The van der Waals surface area contributed by atoms with Crippen molar-refractivity contribution >= 4 is 47.8 Å². The highest BCUT2D eigenvalue weighted by atomic mass is 16.6. The maximum Gasteiger partial charge on any atom is 0.344 e. The smallest absolute Gasteiger partial charge is 0.344 e. The molecule has 21 aliphatic rings. The molecule has 0 saturated heterocycles. The Balaban J connectivity index is 0.000000226. The fraction of sp³-hybridized carbons (Fsp3) is 0.933. The predicted molar refractivity (Wildman–Crippen MR) is 548 cm³/mol. The minimum Gasteiger partial charge on any atom is -0.462 e. The van der Waals surface area contributed by atoms with E-state index in [4.69, 9.17) is 37.9 Å². The molecular formula is C119H210O16. The molecule has 21 aliphatic carbocycles. The molecule has 20 bridgehead atoms. The molecule has 43 unspecified atom stereocenters. The minimum atomic E-state index is -0.399. The molecule has 21 saturated carbocycles. The first-order valence-electron chi connectivity index (χ1n) is 53.3. The SMILES string of the molecule is C.C.C.C.C.C.C.C.C.C.CCC1(OC(=O)C2CC3CC2C2C4CC(C(C)C4C)C32)CCCC1.CCC1(OC(=O)CC(C)OC(=O)C2CC3CC2C(C)C3C)CC2CCC1C2.CCC1(OC(=O)CC(OC(C)=O)C2CC3CC2C(C)C3C)CC2CCC1C2.CCC1(OC(=O)CC2CC3CC2C(C)C3C)CC2CCC1C2.CCC1(OC(=O)COC(=O)C2CC3CC2C(C)C3C)CC2CCC1C2. The fourth-order valence-electron chi connectivity index (χ4n) is 36.3. The zero-order valence-electron chi connectivity index (χ0n) is 80.8. The first kappa shape index (κ1) is 118. The van der Waals surface area contributed by atoms with Gasteiger partial charge in [-0.25, -0.2) is 4.79 Å². The Bertz CT molecular complexity index is 3870. The average molecular weight is 1900 g/mol. The number of rotatable bonds is 24. The lowest BCUT2D eigenvalue weighted by Gasteiger charge is -2.43. The third-order valence-electron chi connectivity index (χ3n) is 44.0. The minimum absolute atomic E-state index is 0. The molecule has 16 heteroatoms. The summed E-state index contributed by atoms with van der Waals surface area (Å²) in [5.74, 6) is 23.4. The van der Waals surface area contributed by atoms with Crippen LogP contribution >= 0.6 is 0 Å². The van der Waals surface area contributed by atoms with E-state index in [2.05, 4.69) is 104 Å². The highest BCUT2D eigenvalue weighted by molar-refractivity contribution is 5.79. The van der Waals surface area contributed by atoms with Crippen molar-refractivity contribution in [1.82, 2.24) is 0 Å². The summed E-state index contributed by atoms with van der Waals surface area (Å²) < 4.78 is 47.2. The molecule has 0 spiro atoms. The van der Waals surface area contributed by atoms with Gasteiger partial charge in [-0.2, -0.15) is 0 Å². The lowest BCUT2D eigenvalue weighted by molar-refractivity contribution is -0.177. The van der Waals surface area contributed by atoms with E-state index in [0.29, 0.717) is 101 Å². The van der Waals surface area contributed by atoms with Gasteiger partial charge in [-0.1, -0.05) is 178 Å². The third-order valence-corrected chi connectivity index (χ3v) is 44.0. The van der Waals surface area contributed by atoms with Crippen molar-refractivity contribution < 1.29 is 76.3 Å². The Hall–Kier alpha value is -4.24. The van der Waals surface area contributed by atoms with Gasteiger partial charge in [0.05, 0.1) is 30.6 Å². The first-order valence-corrected chi connectivity index (χ1v) is 53.3. The summed E-state index contributed by atoms with van der Waals surface area (Å²) in [5.41, 5.74) is -0.981. The molecule has 21 rings (SSSR count). The molecule has 0 heterocycles. The fourth-order valence-corrected chi connectivity index (χ4v) is 36.3. The second-order valence-electron chi connectivity index (χ2n) is 48.7. The van der Waals surface area contributed by atoms with Gasteiger partial charge in [0.1, 0.15) is 40.2 Å². The number of fused-ring (bicyclic) bond motifs is 25. The van der Waals surface area contributed by atoms with E-state index < -0.39 is 6.10 Å². The zero-order chi connectivity index (χ0) is 88.6. The number of esters is 8. The van der Waals surface area contributed by atoms with Gasteiger partial charge in [-0.05, 0) is 439 Å². The van der Waals surface area contributed by atoms with Crippen LogP contribution in [0.1, 0.15) is 442 Å². The van der Waals surface area contributed by atoms with Crippen molar-refractivity contribution in [1.29, 1.82) is 0 Å². The van der Waals surface area contributed by atoms with E-state index in [1.807, 2.05) is 6.92 Å². The maximum absolute atomic E-state index is 13.1. The largest absolute Gasteiger partial charge is 0.462 e. The Morgan fingerprint density at radius 3 is 1.07 bits per heavy atom. The number of ether oxygens (including phenoxy) is 8. The number of hydrogen-bond donors (Lipinski definition) is 0. The van der Waals surface area contributed by atoms with Crippen LogP contribution in [0.5, 0.6) is 0 Å². The van der Waals surface area contributed by atoms with Gasteiger partial charge in [-0.15, -0.1) is 0 Å². The summed E-state index contributed by atoms with van der Waals surface area (Å²) in [7, 11) is 0. The van der Waals surface area contributed by atoms with Gasteiger partial charge in [0.25, 0.3) is 0 Å². The van der Waals surface area contributed by atoms with Crippen molar-refractivity contribution in [3.63, 3.8) is 0 Å². The molecule has 21 fully saturated rings. The van der Waals surface area contributed by atoms with Crippen molar-refractivity contribution in [3.8, 4) is 0 Å². The summed E-state index contributed by atoms with van der Waals surface area (Å²) in [5, 5.41) is 0. The number of hydrogen-bond acceptors (Lipinski definition) is 16. The van der Waals surface area contributed by atoms with Crippen molar-refractivity contribution in [2.75, 3.05) is 6.61 Å². The van der Waals surface area contributed by atoms with Crippen LogP contribution in [0.2, 0.25) is 0 Å². The highest BCUT2D eigenvalue weighted by Crippen LogP contribution is 2.72. The molecule has 135 heavy (non-hydrogen) atoms. The van der Waals surface area contributed by atoms with Gasteiger partial charge in [0, 0.05) is 13.3 Å². The molecule has 0 aromatic carbocycles. The Morgan fingerprint density at radius 1 is 0.319 bits per heavy atom.